The highest BCUT2D eigenvalue weighted by molar-refractivity contribution is 7.19. The number of thiazole rings is 1. The van der Waals surface area contributed by atoms with E-state index in [1.807, 2.05) is 17.8 Å². The zero-order valence-electron chi connectivity index (χ0n) is 14.5. The first-order valence-corrected chi connectivity index (χ1v) is 9.07. The van der Waals surface area contributed by atoms with E-state index < -0.39 is 11.9 Å². The maximum Gasteiger partial charge on any atom is 0.324 e. The van der Waals surface area contributed by atoms with E-state index in [-0.39, 0.29) is 12.1 Å². The predicted molar refractivity (Wildman–Crippen MR) is 96.4 cm³/mol. The summed E-state index contributed by atoms with van der Waals surface area (Å²) in [4.78, 5) is 30.8. The van der Waals surface area contributed by atoms with Crippen LogP contribution in [-0.4, -0.2) is 44.2 Å². The normalized spacial score (nSPS) is 17.3. The van der Waals surface area contributed by atoms with Gasteiger partial charge in [-0.05, 0) is 33.6 Å². The molecule has 25 heavy (non-hydrogen) atoms. The Labute approximate surface area is 150 Å². The number of aryl methyl sites for hydroxylation is 1. The number of carbonyl (C=O) groups is 2. The van der Waals surface area contributed by atoms with Crippen molar-refractivity contribution in [3.05, 3.63) is 18.1 Å². The number of rotatable bonds is 4. The molecule has 0 aliphatic carbocycles. The van der Waals surface area contributed by atoms with Gasteiger partial charge in [0.15, 0.2) is 5.13 Å². The van der Waals surface area contributed by atoms with E-state index in [4.69, 9.17) is 5.73 Å². The molecule has 0 bridgehead atoms. The van der Waals surface area contributed by atoms with Gasteiger partial charge in [-0.25, -0.2) is 9.78 Å². The number of amides is 3. The molecule has 1 aliphatic heterocycles. The number of aromatic nitrogens is 3. The summed E-state index contributed by atoms with van der Waals surface area (Å²) >= 11 is 1.40. The third-order valence-corrected chi connectivity index (χ3v) is 5.37. The van der Waals surface area contributed by atoms with Crippen molar-refractivity contribution in [3.8, 4) is 10.4 Å². The summed E-state index contributed by atoms with van der Waals surface area (Å²) in [7, 11) is 0. The average Bonchev–Trinajstić information content (AvgIpc) is 3.25. The molecule has 3 N–H and O–H groups in total. The molecule has 9 heteroatoms. The maximum atomic E-state index is 12.4. The first kappa shape index (κ1) is 17.4. The number of hydrogen-bond acceptors (Lipinski definition) is 5. The monoisotopic (exact) mass is 362 g/mol. The number of nitrogens with two attached hydrogens (primary N) is 1. The highest BCUT2D eigenvalue weighted by Crippen LogP contribution is 2.33. The van der Waals surface area contributed by atoms with E-state index in [0.29, 0.717) is 18.1 Å². The van der Waals surface area contributed by atoms with Crippen LogP contribution >= 0.6 is 11.3 Å². The van der Waals surface area contributed by atoms with Crippen molar-refractivity contribution in [3.63, 3.8) is 0 Å². The van der Waals surface area contributed by atoms with Gasteiger partial charge < -0.3 is 10.6 Å². The Morgan fingerprint density at radius 3 is 2.84 bits per heavy atom. The van der Waals surface area contributed by atoms with E-state index >= 15 is 0 Å². The standard InChI is InChI=1S/C16H22N6O2S/c1-9(2)22-8-11(7-18-22)13-10(3)19-15(25-13)20-16(24)21-6-4-5-12(21)14(17)23/h7-9,12H,4-6H2,1-3H3,(H2,17,23)(H,19,20,24)/t12-/m0/s1. The van der Waals surface area contributed by atoms with E-state index in [1.54, 1.807) is 6.20 Å². The molecule has 0 spiro atoms. The van der Waals surface area contributed by atoms with E-state index in [1.165, 1.54) is 16.2 Å². The number of urea groups is 1. The van der Waals surface area contributed by atoms with Crippen LogP contribution in [0.3, 0.4) is 0 Å². The molecule has 3 amide bonds. The topological polar surface area (TPSA) is 106 Å². The molecule has 1 fully saturated rings. The maximum absolute atomic E-state index is 12.4. The minimum Gasteiger partial charge on any atom is -0.368 e. The van der Waals surface area contributed by atoms with Gasteiger partial charge in [0.25, 0.3) is 0 Å². The van der Waals surface area contributed by atoms with Crippen LogP contribution in [0, 0.1) is 6.92 Å². The molecule has 1 atom stereocenters. The van der Waals surface area contributed by atoms with Gasteiger partial charge in [0, 0.05) is 24.3 Å². The van der Waals surface area contributed by atoms with Gasteiger partial charge in [-0.1, -0.05) is 11.3 Å². The lowest BCUT2D eigenvalue weighted by molar-refractivity contribution is -0.121. The molecule has 1 aliphatic rings. The Morgan fingerprint density at radius 1 is 1.44 bits per heavy atom. The van der Waals surface area contributed by atoms with E-state index in [9.17, 15) is 9.59 Å². The van der Waals surface area contributed by atoms with Crippen molar-refractivity contribution in [1.82, 2.24) is 19.7 Å². The Morgan fingerprint density at radius 2 is 2.20 bits per heavy atom. The smallest absolute Gasteiger partial charge is 0.324 e. The number of likely N-dealkylation sites (tertiary alicyclic amines) is 1. The highest BCUT2D eigenvalue weighted by atomic mass is 32.1. The molecule has 0 saturated carbocycles. The molecule has 2 aromatic rings. The third kappa shape index (κ3) is 3.51. The van der Waals surface area contributed by atoms with Crippen LogP contribution in [0.15, 0.2) is 12.4 Å². The zero-order chi connectivity index (χ0) is 18.1. The molecular weight excluding hydrogens is 340 g/mol. The quantitative estimate of drug-likeness (QED) is 0.871. The molecular formula is C16H22N6O2S. The van der Waals surface area contributed by atoms with Gasteiger partial charge in [0.05, 0.1) is 16.8 Å². The Hall–Kier alpha value is -2.42. The van der Waals surface area contributed by atoms with Crippen molar-refractivity contribution < 1.29 is 9.59 Å². The lowest BCUT2D eigenvalue weighted by Gasteiger charge is -2.21. The summed E-state index contributed by atoms with van der Waals surface area (Å²) in [5.74, 6) is -0.468. The summed E-state index contributed by atoms with van der Waals surface area (Å²) in [6.07, 6.45) is 5.16. The molecule has 2 aromatic heterocycles. The van der Waals surface area contributed by atoms with Gasteiger partial charge in [-0.15, -0.1) is 0 Å². The average molecular weight is 362 g/mol. The Kier molecular flexibility index (Phi) is 4.76. The fourth-order valence-corrected chi connectivity index (χ4v) is 3.86. The second kappa shape index (κ2) is 6.83. The van der Waals surface area contributed by atoms with Crippen LogP contribution in [0.5, 0.6) is 0 Å². The van der Waals surface area contributed by atoms with E-state index in [0.717, 1.165) is 22.6 Å². The molecule has 0 radical (unpaired) electrons. The second-order valence-electron chi connectivity index (χ2n) is 6.42. The van der Waals surface area contributed by atoms with Crippen LogP contribution in [-0.2, 0) is 4.79 Å². The Balaban J connectivity index is 1.76. The fraction of sp³-hybridized carbons (Fsp3) is 0.500. The predicted octanol–water partition coefficient (Wildman–Crippen LogP) is 2.38. The summed E-state index contributed by atoms with van der Waals surface area (Å²) < 4.78 is 1.88. The van der Waals surface area contributed by atoms with Gasteiger partial charge >= 0.3 is 6.03 Å². The van der Waals surface area contributed by atoms with Crippen LogP contribution in [0.2, 0.25) is 0 Å². The van der Waals surface area contributed by atoms with Gasteiger partial charge in [0.1, 0.15) is 6.04 Å². The van der Waals surface area contributed by atoms with E-state index in [2.05, 4.69) is 29.2 Å². The number of primary amides is 1. The molecule has 0 aromatic carbocycles. The highest BCUT2D eigenvalue weighted by Gasteiger charge is 2.33. The molecule has 3 heterocycles. The second-order valence-corrected chi connectivity index (χ2v) is 7.42. The fourth-order valence-electron chi connectivity index (χ4n) is 2.92. The van der Waals surface area contributed by atoms with Crippen LogP contribution in [0.1, 0.15) is 38.4 Å². The number of anilines is 1. The van der Waals surface area contributed by atoms with Gasteiger partial charge in [-0.2, -0.15) is 5.10 Å². The van der Waals surface area contributed by atoms with Crippen molar-refractivity contribution in [2.24, 2.45) is 5.73 Å². The largest absolute Gasteiger partial charge is 0.368 e. The number of nitrogens with zero attached hydrogens (tertiary/aromatic N) is 4. The number of nitrogens with one attached hydrogen (secondary N) is 1. The van der Waals surface area contributed by atoms with Crippen LogP contribution in [0.4, 0.5) is 9.93 Å². The first-order chi connectivity index (χ1) is 11.9. The van der Waals surface area contributed by atoms with Crippen molar-refractivity contribution in [2.45, 2.75) is 45.7 Å². The van der Waals surface area contributed by atoms with Gasteiger partial charge in [-0.3, -0.25) is 14.8 Å². The number of hydrogen-bond donors (Lipinski definition) is 2. The Bertz CT molecular complexity index is 796. The summed E-state index contributed by atoms with van der Waals surface area (Å²) in [5.41, 5.74) is 7.17. The summed E-state index contributed by atoms with van der Waals surface area (Å²) in [6, 6.07) is -0.591. The van der Waals surface area contributed by atoms with Crippen molar-refractivity contribution in [1.29, 1.82) is 0 Å². The molecule has 8 nitrogen and oxygen atoms in total. The summed E-state index contributed by atoms with van der Waals surface area (Å²) in [6.45, 7) is 6.55. The molecule has 0 unspecified atom stereocenters. The van der Waals surface area contributed by atoms with Crippen LogP contribution in [0.25, 0.3) is 10.4 Å². The molecule has 3 rings (SSSR count). The molecule has 134 valence electrons. The lowest BCUT2D eigenvalue weighted by atomic mass is 10.2. The SMILES string of the molecule is Cc1nc(NC(=O)N2CCC[C@H]2C(N)=O)sc1-c1cnn(C(C)C)c1. The zero-order valence-corrected chi connectivity index (χ0v) is 15.3. The number of carbonyl (C=O) groups excluding carboxylic acids is 2. The first-order valence-electron chi connectivity index (χ1n) is 8.25. The third-order valence-electron chi connectivity index (χ3n) is 4.25. The summed E-state index contributed by atoms with van der Waals surface area (Å²) in [5, 5.41) is 7.64. The van der Waals surface area contributed by atoms with Crippen LogP contribution < -0.4 is 11.1 Å². The van der Waals surface area contributed by atoms with Crippen molar-refractivity contribution >= 4 is 28.4 Å². The minimum atomic E-state index is -0.537. The van der Waals surface area contributed by atoms with Gasteiger partial charge in [0.2, 0.25) is 5.91 Å². The minimum absolute atomic E-state index is 0.280. The molecule has 1 saturated heterocycles. The lowest BCUT2D eigenvalue weighted by Crippen LogP contribution is -2.45. The van der Waals surface area contributed by atoms with Crippen molar-refractivity contribution in [2.75, 3.05) is 11.9 Å².